The summed E-state index contributed by atoms with van der Waals surface area (Å²) in [5.41, 5.74) is 8.85. The number of benzene rings is 2. The molecule has 6 heterocycles. The molecule has 4 aliphatic rings. The van der Waals surface area contributed by atoms with E-state index in [9.17, 15) is 17.6 Å². The van der Waals surface area contributed by atoms with E-state index in [-0.39, 0.29) is 23.0 Å². The molecule has 0 amide bonds. The van der Waals surface area contributed by atoms with Crippen LogP contribution in [0.1, 0.15) is 66.7 Å². The first kappa shape index (κ1) is 35.4. The average molecular weight is 765 g/mol. The predicted molar refractivity (Wildman–Crippen MR) is 187 cm³/mol. The Balaban J connectivity index is 0.000000143. The lowest BCUT2D eigenvalue weighted by Crippen LogP contribution is -2.25. The molecule has 2 aliphatic carbocycles. The van der Waals surface area contributed by atoms with Gasteiger partial charge in [0.1, 0.15) is 11.4 Å². The van der Waals surface area contributed by atoms with Crippen molar-refractivity contribution >= 4 is 33.6 Å². The molecule has 2 aromatic carbocycles. The van der Waals surface area contributed by atoms with Crippen molar-refractivity contribution in [2.45, 2.75) is 70.4 Å². The van der Waals surface area contributed by atoms with Crippen molar-refractivity contribution in [3.63, 3.8) is 0 Å². The molecule has 280 valence electrons. The number of aryl methyl sites for hydroxylation is 4. The highest BCUT2D eigenvalue weighted by atomic mass is 32.1. The molecule has 6 aromatic rings. The number of nitrogens with zero attached hydrogens (tertiary/aromatic N) is 6. The maximum atomic E-state index is 13.3. The van der Waals surface area contributed by atoms with Crippen LogP contribution in [0, 0.1) is 6.92 Å². The van der Waals surface area contributed by atoms with Gasteiger partial charge in [0.2, 0.25) is 0 Å². The molecular formula is C37H32F4N6O6S. The number of pyridine rings is 2. The first-order valence-corrected chi connectivity index (χ1v) is 17.8. The van der Waals surface area contributed by atoms with E-state index in [2.05, 4.69) is 57.9 Å². The number of hydrogen-bond acceptors (Lipinski definition) is 10. The summed E-state index contributed by atoms with van der Waals surface area (Å²) >= 11 is -0.750. The van der Waals surface area contributed by atoms with Gasteiger partial charge >= 0.3 is 24.2 Å². The summed E-state index contributed by atoms with van der Waals surface area (Å²) in [6.07, 6.45) is 2.34. The molecule has 2 aliphatic heterocycles. The van der Waals surface area contributed by atoms with Crippen LogP contribution < -0.4 is 18.9 Å². The Morgan fingerprint density at radius 3 is 1.52 bits per heavy atom. The number of halogens is 4. The summed E-state index contributed by atoms with van der Waals surface area (Å²) in [5, 5.41) is 0. The van der Waals surface area contributed by atoms with Crippen molar-refractivity contribution in [3.05, 3.63) is 71.0 Å². The van der Waals surface area contributed by atoms with Gasteiger partial charge in [-0.1, -0.05) is 19.1 Å². The standard InChI is InChI=1S/C19H17F2N3O2.C18H15F2N3O2.O2S/c1-3-10-6-12(11-4-5-11)9-22-17(10)18-23-13-7-15-16(8-14(13)24(18)2)26-19(20,21)25-15;1-9-5-11(10-3-4-10)8-21-16(9)17-22-12-6-14-15(7-13(12)23(17)2)25-18(19,20)24-14;1-3-2/h6-9,11H,3-5H2,1-2H3;5-8,10H,3-4H2,1-2H3;. The highest BCUT2D eigenvalue weighted by Gasteiger charge is 2.45. The van der Waals surface area contributed by atoms with Crippen LogP contribution >= 0.6 is 0 Å². The first-order valence-electron chi connectivity index (χ1n) is 17.2. The fourth-order valence-electron chi connectivity index (χ4n) is 6.81. The molecule has 2 saturated carbocycles. The third kappa shape index (κ3) is 6.60. The second-order valence-corrected chi connectivity index (χ2v) is 13.7. The smallest absolute Gasteiger partial charge is 0.395 e. The number of fused-ring (bicyclic) bond motifs is 4. The minimum atomic E-state index is -3.63. The largest absolute Gasteiger partial charge is 0.586 e. The molecule has 0 bridgehead atoms. The van der Waals surface area contributed by atoms with Gasteiger partial charge in [0, 0.05) is 50.8 Å². The monoisotopic (exact) mass is 764 g/mol. The molecule has 0 unspecified atom stereocenters. The lowest BCUT2D eigenvalue weighted by atomic mass is 10.1. The second-order valence-electron chi connectivity index (χ2n) is 13.6. The molecule has 17 heteroatoms. The number of hydrogen-bond donors (Lipinski definition) is 0. The number of alkyl halides is 4. The molecule has 0 radical (unpaired) electrons. The summed E-state index contributed by atoms with van der Waals surface area (Å²) in [6.45, 7) is 4.11. The van der Waals surface area contributed by atoms with Gasteiger partial charge in [0.15, 0.2) is 34.6 Å². The lowest BCUT2D eigenvalue weighted by Gasteiger charge is -2.09. The molecular weight excluding hydrogens is 733 g/mol. The molecule has 4 aromatic heterocycles. The molecule has 2 fully saturated rings. The summed E-state index contributed by atoms with van der Waals surface area (Å²) in [7, 11) is 3.68. The van der Waals surface area contributed by atoms with Gasteiger partial charge in [0.25, 0.3) is 0 Å². The maximum Gasteiger partial charge on any atom is 0.586 e. The number of ether oxygens (including phenoxy) is 4. The Morgan fingerprint density at radius 2 is 1.09 bits per heavy atom. The Labute approximate surface area is 308 Å². The van der Waals surface area contributed by atoms with Crippen LogP contribution in [0.4, 0.5) is 17.6 Å². The van der Waals surface area contributed by atoms with Crippen molar-refractivity contribution in [2.24, 2.45) is 14.1 Å². The lowest BCUT2D eigenvalue weighted by molar-refractivity contribution is -0.287. The van der Waals surface area contributed by atoms with Gasteiger partial charge < -0.3 is 28.1 Å². The first-order chi connectivity index (χ1) is 25.8. The SMILES string of the molecule is CCc1cc(C2CC2)cnc1-c1nc2cc3c(cc2n1C)OC(F)(F)O3.Cc1cc(C2CC2)cnc1-c1nc2cc3c(cc2n1C)OC(F)(F)O3.O=S=O. The van der Waals surface area contributed by atoms with Crippen LogP contribution in [-0.2, 0) is 32.1 Å². The Morgan fingerprint density at radius 1 is 0.685 bits per heavy atom. The summed E-state index contributed by atoms with van der Waals surface area (Å²) < 4.78 is 91.4. The second kappa shape index (κ2) is 13.1. The van der Waals surface area contributed by atoms with E-state index >= 15 is 0 Å². The van der Waals surface area contributed by atoms with Crippen molar-refractivity contribution < 1.29 is 44.9 Å². The van der Waals surface area contributed by atoms with E-state index in [1.165, 1.54) is 61.1 Å². The van der Waals surface area contributed by atoms with E-state index in [0.29, 0.717) is 45.6 Å². The van der Waals surface area contributed by atoms with Gasteiger partial charge in [-0.15, -0.1) is 17.6 Å². The van der Waals surface area contributed by atoms with Crippen LogP contribution in [0.3, 0.4) is 0 Å². The molecule has 0 saturated heterocycles. The molecule has 0 spiro atoms. The number of aromatic nitrogens is 6. The summed E-state index contributed by atoms with van der Waals surface area (Å²) in [6, 6.07) is 10.4. The van der Waals surface area contributed by atoms with Crippen molar-refractivity contribution in [1.29, 1.82) is 0 Å². The minimum Gasteiger partial charge on any atom is -0.395 e. The van der Waals surface area contributed by atoms with Crippen LogP contribution in [0.25, 0.3) is 45.1 Å². The van der Waals surface area contributed by atoms with Gasteiger partial charge in [-0.3, -0.25) is 9.97 Å². The highest BCUT2D eigenvalue weighted by Crippen LogP contribution is 2.46. The summed E-state index contributed by atoms with van der Waals surface area (Å²) in [4.78, 5) is 18.5. The minimum absolute atomic E-state index is 0.0000875. The zero-order chi connectivity index (χ0) is 38.1. The molecule has 54 heavy (non-hydrogen) atoms. The van der Waals surface area contributed by atoms with Crippen LogP contribution in [0.5, 0.6) is 23.0 Å². The van der Waals surface area contributed by atoms with E-state index in [1.807, 2.05) is 42.5 Å². The molecule has 10 rings (SSSR count). The van der Waals surface area contributed by atoms with Gasteiger partial charge in [-0.25, -0.2) is 9.97 Å². The molecule has 0 atom stereocenters. The zero-order valence-corrected chi connectivity index (χ0v) is 30.2. The topological polar surface area (TPSA) is 132 Å². The quantitative estimate of drug-likeness (QED) is 0.160. The van der Waals surface area contributed by atoms with Crippen molar-refractivity contribution in [2.75, 3.05) is 0 Å². The highest BCUT2D eigenvalue weighted by molar-refractivity contribution is 7.51. The van der Waals surface area contributed by atoms with Gasteiger partial charge in [-0.2, -0.15) is 8.42 Å². The normalized spacial score (nSPS) is 17.2. The van der Waals surface area contributed by atoms with E-state index in [4.69, 9.17) is 8.42 Å². The van der Waals surface area contributed by atoms with E-state index in [0.717, 1.165) is 28.9 Å². The van der Waals surface area contributed by atoms with E-state index < -0.39 is 24.2 Å². The van der Waals surface area contributed by atoms with Gasteiger partial charge in [0.05, 0.1) is 22.1 Å². The van der Waals surface area contributed by atoms with Gasteiger partial charge in [-0.05, 0) is 73.1 Å². The third-order valence-electron chi connectivity index (χ3n) is 9.80. The van der Waals surface area contributed by atoms with Crippen molar-refractivity contribution in [1.82, 2.24) is 29.1 Å². The fraction of sp³-hybridized carbons (Fsp3) is 0.351. The summed E-state index contributed by atoms with van der Waals surface area (Å²) in [5.74, 6) is 2.70. The van der Waals surface area contributed by atoms with Crippen LogP contribution in [-0.4, -0.2) is 50.1 Å². The third-order valence-corrected chi connectivity index (χ3v) is 9.80. The molecule has 0 N–H and O–H groups in total. The predicted octanol–water partition coefficient (Wildman–Crippen LogP) is 7.87. The number of rotatable bonds is 5. The Bertz CT molecular complexity index is 2510. The zero-order valence-electron chi connectivity index (χ0n) is 29.4. The van der Waals surface area contributed by atoms with Crippen LogP contribution in [0.2, 0.25) is 0 Å². The average Bonchev–Trinajstić information content (AvgIpc) is 4.04. The maximum absolute atomic E-state index is 13.3. The number of imidazole rings is 2. The Kier molecular flexibility index (Phi) is 8.58. The van der Waals surface area contributed by atoms with Crippen LogP contribution in [0.15, 0.2) is 48.8 Å². The molecule has 12 nitrogen and oxygen atoms in total. The van der Waals surface area contributed by atoms with Crippen molar-refractivity contribution in [3.8, 4) is 46.0 Å². The Hall–Kier alpha value is -5.58. The van der Waals surface area contributed by atoms with E-state index in [1.54, 1.807) is 0 Å². The fourth-order valence-corrected chi connectivity index (χ4v) is 6.81.